The fraction of sp³-hybridized carbons (Fsp3) is 0.455. The molecule has 13 heavy (non-hydrogen) atoms. The van der Waals surface area contributed by atoms with E-state index in [0.29, 0.717) is 0 Å². The molecule has 1 aliphatic heterocycles. The summed E-state index contributed by atoms with van der Waals surface area (Å²) >= 11 is 0. The number of hydrogen-bond donors (Lipinski definition) is 1. The third kappa shape index (κ3) is 1.54. The summed E-state index contributed by atoms with van der Waals surface area (Å²) < 4.78 is 5.61. The van der Waals surface area contributed by atoms with E-state index in [0.717, 1.165) is 18.6 Å². The molecule has 70 valence electrons. The maximum absolute atomic E-state index is 8.96. The van der Waals surface area contributed by atoms with Gasteiger partial charge in [0.2, 0.25) is 0 Å². The Kier molecular flexibility index (Phi) is 2.23. The molecule has 1 heterocycles. The Bertz CT molecular complexity index is 307. The Morgan fingerprint density at radius 3 is 3.15 bits per heavy atom. The number of aliphatic hydroxyl groups excluding tert-OH is 1. The zero-order valence-corrected chi connectivity index (χ0v) is 7.79. The van der Waals surface area contributed by atoms with Crippen LogP contribution in [0.2, 0.25) is 0 Å². The first-order chi connectivity index (χ1) is 6.31. The van der Waals surface area contributed by atoms with Crippen LogP contribution in [-0.2, 0) is 6.42 Å². The summed E-state index contributed by atoms with van der Waals surface area (Å²) in [5, 5.41) is 8.96. The van der Waals surface area contributed by atoms with Crippen LogP contribution < -0.4 is 4.74 Å². The second kappa shape index (κ2) is 3.38. The van der Waals surface area contributed by atoms with E-state index in [-0.39, 0.29) is 12.7 Å². The average molecular weight is 178 g/mol. The highest BCUT2D eigenvalue weighted by atomic mass is 16.5. The summed E-state index contributed by atoms with van der Waals surface area (Å²) in [6, 6.07) is 6.07. The van der Waals surface area contributed by atoms with Crippen molar-refractivity contribution in [2.75, 3.05) is 6.61 Å². The summed E-state index contributed by atoms with van der Waals surface area (Å²) in [6.07, 6.45) is 1.94. The molecular weight excluding hydrogens is 164 g/mol. The van der Waals surface area contributed by atoms with Gasteiger partial charge < -0.3 is 9.84 Å². The van der Waals surface area contributed by atoms with Gasteiger partial charge in [-0.25, -0.2) is 0 Å². The summed E-state index contributed by atoms with van der Waals surface area (Å²) in [6.45, 7) is 2.22. The molecule has 0 spiro atoms. The van der Waals surface area contributed by atoms with Gasteiger partial charge in [-0.15, -0.1) is 0 Å². The number of benzene rings is 1. The normalized spacial score (nSPS) is 20.6. The Morgan fingerprint density at radius 2 is 2.38 bits per heavy atom. The predicted molar refractivity (Wildman–Crippen MR) is 51.0 cm³/mol. The third-order valence-electron chi connectivity index (χ3n) is 2.58. The highest BCUT2D eigenvalue weighted by molar-refractivity contribution is 5.41. The Labute approximate surface area is 78.2 Å². The first-order valence-electron chi connectivity index (χ1n) is 4.67. The molecule has 1 aromatic carbocycles. The molecule has 0 amide bonds. The lowest BCUT2D eigenvalue weighted by Gasteiger charge is -2.25. The molecule has 0 aliphatic carbocycles. The first kappa shape index (κ1) is 8.57. The van der Waals surface area contributed by atoms with E-state index in [9.17, 15) is 0 Å². The lowest BCUT2D eigenvalue weighted by Crippen LogP contribution is -2.26. The van der Waals surface area contributed by atoms with Crippen molar-refractivity contribution in [1.82, 2.24) is 0 Å². The van der Waals surface area contributed by atoms with Crippen LogP contribution in [0.15, 0.2) is 18.2 Å². The molecule has 0 bridgehead atoms. The molecule has 2 nitrogen and oxygen atoms in total. The van der Waals surface area contributed by atoms with Gasteiger partial charge in [0.1, 0.15) is 11.9 Å². The number of aliphatic hydroxyl groups is 1. The van der Waals surface area contributed by atoms with Gasteiger partial charge in [-0.2, -0.15) is 0 Å². The number of rotatable bonds is 1. The molecule has 0 fully saturated rings. The first-order valence-corrected chi connectivity index (χ1v) is 4.67. The second-order valence-electron chi connectivity index (χ2n) is 3.51. The van der Waals surface area contributed by atoms with E-state index in [4.69, 9.17) is 9.84 Å². The second-order valence-corrected chi connectivity index (χ2v) is 3.51. The van der Waals surface area contributed by atoms with Crippen molar-refractivity contribution in [1.29, 1.82) is 0 Å². The van der Waals surface area contributed by atoms with Crippen LogP contribution in [0.25, 0.3) is 0 Å². The fourth-order valence-electron chi connectivity index (χ4n) is 1.78. The molecule has 0 saturated carbocycles. The van der Waals surface area contributed by atoms with E-state index in [1.165, 1.54) is 11.1 Å². The molecule has 1 N–H and O–H groups in total. The standard InChI is InChI=1S/C11H14O2/c1-8-3-2-4-11-10(8)6-5-9(7-12)13-11/h2-4,9,12H,5-7H2,1H3. The summed E-state index contributed by atoms with van der Waals surface area (Å²) in [5.41, 5.74) is 2.58. The lowest BCUT2D eigenvalue weighted by atomic mass is 9.98. The average Bonchev–Trinajstić information content (AvgIpc) is 2.18. The molecule has 2 rings (SSSR count). The third-order valence-corrected chi connectivity index (χ3v) is 2.58. The minimum Gasteiger partial charge on any atom is -0.488 e. The number of aryl methyl sites for hydroxylation is 1. The number of fused-ring (bicyclic) bond motifs is 1. The van der Waals surface area contributed by atoms with Crippen molar-refractivity contribution in [3.05, 3.63) is 29.3 Å². The van der Waals surface area contributed by atoms with Gasteiger partial charge in [0, 0.05) is 0 Å². The lowest BCUT2D eigenvalue weighted by molar-refractivity contribution is 0.0976. The Morgan fingerprint density at radius 1 is 1.54 bits per heavy atom. The Hall–Kier alpha value is -1.02. The summed E-state index contributed by atoms with van der Waals surface area (Å²) in [7, 11) is 0. The van der Waals surface area contributed by atoms with Crippen molar-refractivity contribution < 1.29 is 9.84 Å². The van der Waals surface area contributed by atoms with Crippen LogP contribution >= 0.6 is 0 Å². The molecule has 1 unspecified atom stereocenters. The van der Waals surface area contributed by atoms with E-state index in [1.807, 2.05) is 12.1 Å². The molecule has 1 atom stereocenters. The van der Waals surface area contributed by atoms with Crippen molar-refractivity contribution in [3.63, 3.8) is 0 Å². The van der Waals surface area contributed by atoms with Crippen LogP contribution in [0, 0.1) is 6.92 Å². The minimum absolute atomic E-state index is 0.00528. The molecular formula is C11H14O2. The van der Waals surface area contributed by atoms with Crippen molar-refractivity contribution in [3.8, 4) is 5.75 Å². The zero-order chi connectivity index (χ0) is 9.26. The van der Waals surface area contributed by atoms with E-state index in [2.05, 4.69) is 13.0 Å². The van der Waals surface area contributed by atoms with Gasteiger partial charge in [-0.3, -0.25) is 0 Å². The van der Waals surface area contributed by atoms with E-state index < -0.39 is 0 Å². The van der Waals surface area contributed by atoms with Gasteiger partial charge in [0.15, 0.2) is 0 Å². The van der Waals surface area contributed by atoms with Crippen LogP contribution in [0.5, 0.6) is 5.75 Å². The SMILES string of the molecule is Cc1cccc2c1CCC(CO)O2. The van der Waals surface area contributed by atoms with Crippen molar-refractivity contribution in [2.45, 2.75) is 25.9 Å². The van der Waals surface area contributed by atoms with Crippen molar-refractivity contribution in [2.24, 2.45) is 0 Å². The molecule has 0 radical (unpaired) electrons. The molecule has 2 heteroatoms. The fourth-order valence-corrected chi connectivity index (χ4v) is 1.78. The van der Waals surface area contributed by atoms with Gasteiger partial charge in [0.25, 0.3) is 0 Å². The molecule has 0 aromatic heterocycles. The quantitative estimate of drug-likeness (QED) is 0.709. The van der Waals surface area contributed by atoms with Crippen LogP contribution in [0.4, 0.5) is 0 Å². The molecule has 1 aromatic rings. The maximum atomic E-state index is 8.96. The van der Waals surface area contributed by atoms with Gasteiger partial charge in [0.05, 0.1) is 6.61 Å². The largest absolute Gasteiger partial charge is 0.488 e. The van der Waals surface area contributed by atoms with Crippen LogP contribution in [0.3, 0.4) is 0 Å². The smallest absolute Gasteiger partial charge is 0.123 e. The monoisotopic (exact) mass is 178 g/mol. The maximum Gasteiger partial charge on any atom is 0.123 e. The van der Waals surface area contributed by atoms with Gasteiger partial charge in [-0.1, -0.05) is 12.1 Å². The molecule has 0 saturated heterocycles. The summed E-state index contributed by atoms with van der Waals surface area (Å²) in [5.74, 6) is 0.949. The highest BCUT2D eigenvalue weighted by Crippen LogP contribution is 2.29. The van der Waals surface area contributed by atoms with E-state index in [1.54, 1.807) is 0 Å². The highest BCUT2D eigenvalue weighted by Gasteiger charge is 2.19. The predicted octanol–water partition coefficient (Wildman–Crippen LogP) is 1.68. The summed E-state index contributed by atoms with van der Waals surface area (Å²) in [4.78, 5) is 0. The zero-order valence-electron chi connectivity index (χ0n) is 7.79. The minimum atomic E-state index is -0.00528. The van der Waals surface area contributed by atoms with Crippen LogP contribution in [-0.4, -0.2) is 17.8 Å². The van der Waals surface area contributed by atoms with Gasteiger partial charge >= 0.3 is 0 Å². The van der Waals surface area contributed by atoms with Crippen LogP contribution in [0.1, 0.15) is 17.5 Å². The number of hydrogen-bond acceptors (Lipinski definition) is 2. The topological polar surface area (TPSA) is 29.5 Å². The van der Waals surface area contributed by atoms with Crippen molar-refractivity contribution >= 4 is 0 Å². The number of ether oxygens (including phenoxy) is 1. The Balaban J connectivity index is 2.31. The van der Waals surface area contributed by atoms with Gasteiger partial charge in [-0.05, 0) is 37.0 Å². The molecule has 1 aliphatic rings. The van der Waals surface area contributed by atoms with E-state index >= 15 is 0 Å².